The van der Waals surface area contributed by atoms with Gasteiger partial charge in [-0.05, 0) is 24.1 Å². The largest absolute Gasteiger partial charge is 0.339 e. The maximum Gasteiger partial charge on any atom is 0.290 e. The molecule has 4 heteroatoms. The third-order valence-corrected chi connectivity index (χ3v) is 3.15. The van der Waals surface area contributed by atoms with Crippen molar-refractivity contribution in [2.75, 3.05) is 13.6 Å². The first-order chi connectivity index (χ1) is 7.59. The molecule has 1 aliphatic heterocycles. The number of hydrogen-bond acceptors (Lipinski definition) is 2. The van der Waals surface area contributed by atoms with Crippen molar-refractivity contribution >= 4 is 23.3 Å². The van der Waals surface area contributed by atoms with Gasteiger partial charge in [0.15, 0.2) is 0 Å². The van der Waals surface area contributed by atoms with Gasteiger partial charge < -0.3 is 4.90 Å². The number of piperidine rings is 1. The Bertz CT molecular complexity index is 427. The van der Waals surface area contributed by atoms with Gasteiger partial charge in [0, 0.05) is 18.6 Å². The van der Waals surface area contributed by atoms with E-state index in [1.807, 2.05) is 12.1 Å². The predicted octanol–water partition coefficient (Wildman–Crippen LogP) is 1.85. The van der Waals surface area contributed by atoms with Gasteiger partial charge in [0.1, 0.15) is 0 Å². The first kappa shape index (κ1) is 11.1. The minimum atomic E-state index is -0.397. The maximum atomic E-state index is 11.8. The second kappa shape index (κ2) is 4.26. The third-order valence-electron chi connectivity index (χ3n) is 2.90. The molecular formula is C12H12ClNO2. The van der Waals surface area contributed by atoms with Crippen LogP contribution in [0.4, 0.5) is 0 Å². The topological polar surface area (TPSA) is 37.4 Å². The van der Waals surface area contributed by atoms with Gasteiger partial charge in [-0.15, -0.1) is 0 Å². The van der Waals surface area contributed by atoms with Crippen LogP contribution in [0.5, 0.6) is 0 Å². The fraction of sp³-hybridized carbons (Fsp3) is 0.333. The highest BCUT2D eigenvalue weighted by atomic mass is 35.5. The van der Waals surface area contributed by atoms with E-state index in [4.69, 9.17) is 11.6 Å². The van der Waals surface area contributed by atoms with E-state index < -0.39 is 5.91 Å². The molecule has 0 saturated carbocycles. The van der Waals surface area contributed by atoms with Crippen molar-refractivity contribution in [1.29, 1.82) is 0 Å². The molecule has 1 aliphatic rings. The molecule has 1 aromatic rings. The number of hydrogen-bond donors (Lipinski definition) is 0. The van der Waals surface area contributed by atoms with E-state index >= 15 is 0 Å². The van der Waals surface area contributed by atoms with Crippen LogP contribution in [0.25, 0.3) is 0 Å². The van der Waals surface area contributed by atoms with Crippen molar-refractivity contribution in [1.82, 2.24) is 4.90 Å². The van der Waals surface area contributed by atoms with Crippen LogP contribution in [0, 0.1) is 0 Å². The van der Waals surface area contributed by atoms with Gasteiger partial charge in [0.25, 0.3) is 5.91 Å². The van der Waals surface area contributed by atoms with Crippen LogP contribution in [-0.4, -0.2) is 30.2 Å². The lowest BCUT2D eigenvalue weighted by Crippen LogP contribution is -2.42. The first-order valence-corrected chi connectivity index (χ1v) is 5.52. The van der Waals surface area contributed by atoms with Crippen LogP contribution < -0.4 is 0 Å². The summed E-state index contributed by atoms with van der Waals surface area (Å²) in [7, 11) is 1.65. The number of rotatable bonds is 1. The van der Waals surface area contributed by atoms with E-state index in [1.54, 1.807) is 19.2 Å². The number of Topliss-reactive ketones (excluding diaryl/α,β-unsaturated/α-hetero) is 1. The van der Waals surface area contributed by atoms with Crippen LogP contribution in [-0.2, 0) is 9.59 Å². The summed E-state index contributed by atoms with van der Waals surface area (Å²) >= 11 is 5.78. The molecule has 0 radical (unpaired) electrons. The molecule has 1 atom stereocenters. The van der Waals surface area contributed by atoms with Gasteiger partial charge in [0.05, 0.1) is 5.92 Å². The summed E-state index contributed by atoms with van der Waals surface area (Å²) in [5, 5.41) is 0.635. The summed E-state index contributed by atoms with van der Waals surface area (Å²) < 4.78 is 0. The van der Waals surface area contributed by atoms with E-state index in [9.17, 15) is 9.59 Å². The maximum absolute atomic E-state index is 11.8. The van der Waals surface area contributed by atoms with Crippen molar-refractivity contribution in [3.63, 3.8) is 0 Å². The molecule has 84 valence electrons. The first-order valence-electron chi connectivity index (χ1n) is 5.14. The van der Waals surface area contributed by atoms with E-state index in [2.05, 4.69) is 0 Å². The van der Waals surface area contributed by atoms with E-state index in [-0.39, 0.29) is 11.7 Å². The number of nitrogens with zero attached hydrogens (tertiary/aromatic N) is 1. The highest BCUT2D eigenvalue weighted by molar-refractivity contribution is 6.38. The summed E-state index contributed by atoms with van der Waals surface area (Å²) in [5.74, 6) is -1.02. The number of amides is 1. The summed E-state index contributed by atoms with van der Waals surface area (Å²) in [5.41, 5.74) is 0.871. The van der Waals surface area contributed by atoms with Crippen molar-refractivity contribution < 1.29 is 9.59 Å². The Morgan fingerprint density at radius 1 is 1.25 bits per heavy atom. The zero-order valence-corrected chi connectivity index (χ0v) is 9.70. The number of likely N-dealkylation sites (tertiary alicyclic amines) is 1. The van der Waals surface area contributed by atoms with Gasteiger partial charge in [-0.3, -0.25) is 9.59 Å². The Morgan fingerprint density at radius 3 is 2.50 bits per heavy atom. The number of benzene rings is 1. The highest BCUT2D eigenvalue weighted by Crippen LogP contribution is 2.26. The fourth-order valence-electron chi connectivity index (χ4n) is 1.91. The number of halogens is 1. The average molecular weight is 238 g/mol. The third kappa shape index (κ3) is 1.95. The van der Waals surface area contributed by atoms with E-state index in [0.717, 1.165) is 5.56 Å². The standard InChI is InChI=1S/C12H12ClNO2/c1-14-7-6-10(11(15)12(14)16)8-2-4-9(13)5-3-8/h2-5,10H,6-7H2,1H3. The lowest BCUT2D eigenvalue weighted by Gasteiger charge is -2.27. The number of carbonyl (C=O) groups excluding carboxylic acids is 2. The van der Waals surface area contributed by atoms with Crippen molar-refractivity contribution in [2.24, 2.45) is 0 Å². The number of carbonyl (C=O) groups is 2. The molecule has 16 heavy (non-hydrogen) atoms. The zero-order valence-electron chi connectivity index (χ0n) is 8.94. The average Bonchev–Trinajstić information content (AvgIpc) is 2.28. The highest BCUT2D eigenvalue weighted by Gasteiger charge is 2.33. The summed E-state index contributed by atoms with van der Waals surface area (Å²) in [6, 6.07) is 7.10. The molecule has 0 aromatic heterocycles. The minimum absolute atomic E-state index is 0.305. The lowest BCUT2D eigenvalue weighted by molar-refractivity contribution is -0.147. The molecule has 1 unspecified atom stereocenters. The molecule has 1 heterocycles. The van der Waals surface area contributed by atoms with Crippen LogP contribution in [0.15, 0.2) is 24.3 Å². The number of likely N-dealkylation sites (N-methyl/N-ethyl adjacent to an activating group) is 1. The summed E-state index contributed by atoms with van der Waals surface area (Å²) in [4.78, 5) is 24.8. The molecule has 2 rings (SSSR count). The van der Waals surface area contributed by atoms with Crippen LogP contribution in [0.2, 0.25) is 5.02 Å². The van der Waals surface area contributed by atoms with Gasteiger partial charge in [-0.2, -0.15) is 0 Å². The quantitative estimate of drug-likeness (QED) is 0.699. The van der Waals surface area contributed by atoms with Gasteiger partial charge >= 0.3 is 0 Å². The predicted molar refractivity (Wildman–Crippen MR) is 61.5 cm³/mol. The van der Waals surface area contributed by atoms with Gasteiger partial charge in [-0.25, -0.2) is 0 Å². The Kier molecular flexibility index (Phi) is 2.97. The van der Waals surface area contributed by atoms with Gasteiger partial charge in [-0.1, -0.05) is 23.7 Å². The molecule has 1 aromatic carbocycles. The second-order valence-corrected chi connectivity index (χ2v) is 4.42. The fourth-order valence-corrected chi connectivity index (χ4v) is 2.03. The van der Waals surface area contributed by atoms with Crippen molar-refractivity contribution in [3.8, 4) is 0 Å². The Labute approximate surface area is 99.0 Å². The molecule has 0 bridgehead atoms. The van der Waals surface area contributed by atoms with Gasteiger partial charge in [0.2, 0.25) is 5.78 Å². The molecule has 1 fully saturated rings. The summed E-state index contributed by atoms with van der Waals surface area (Å²) in [6.45, 7) is 0.623. The summed E-state index contributed by atoms with van der Waals surface area (Å²) in [6.07, 6.45) is 0.683. The van der Waals surface area contributed by atoms with E-state index in [0.29, 0.717) is 18.0 Å². The smallest absolute Gasteiger partial charge is 0.290 e. The Hall–Kier alpha value is -1.35. The Morgan fingerprint density at radius 2 is 1.88 bits per heavy atom. The second-order valence-electron chi connectivity index (χ2n) is 3.98. The SMILES string of the molecule is CN1CCC(c2ccc(Cl)cc2)C(=O)C1=O. The lowest BCUT2D eigenvalue weighted by atomic mass is 9.88. The normalized spacial score (nSPS) is 21.4. The van der Waals surface area contributed by atoms with Crippen molar-refractivity contribution in [3.05, 3.63) is 34.9 Å². The van der Waals surface area contributed by atoms with Crippen molar-refractivity contribution in [2.45, 2.75) is 12.3 Å². The van der Waals surface area contributed by atoms with Crippen LogP contribution in [0.1, 0.15) is 17.9 Å². The molecular weight excluding hydrogens is 226 g/mol. The molecule has 0 N–H and O–H groups in total. The molecule has 0 aliphatic carbocycles. The monoisotopic (exact) mass is 237 g/mol. The molecule has 1 amide bonds. The van der Waals surface area contributed by atoms with Crippen LogP contribution in [0.3, 0.4) is 0 Å². The molecule has 3 nitrogen and oxygen atoms in total. The van der Waals surface area contributed by atoms with E-state index in [1.165, 1.54) is 4.90 Å². The number of ketones is 1. The van der Waals surface area contributed by atoms with Crippen LogP contribution >= 0.6 is 11.6 Å². The molecule has 0 spiro atoms. The Balaban J connectivity index is 2.25. The minimum Gasteiger partial charge on any atom is -0.339 e. The molecule has 1 saturated heterocycles. The zero-order chi connectivity index (χ0) is 11.7.